The highest BCUT2D eigenvalue weighted by molar-refractivity contribution is 14.1. The van der Waals surface area contributed by atoms with Crippen LogP contribution in [-0.4, -0.2) is 33.8 Å². The third kappa shape index (κ3) is 4.83. The summed E-state index contributed by atoms with van der Waals surface area (Å²) in [5.41, 5.74) is 3.10. The van der Waals surface area contributed by atoms with Gasteiger partial charge in [-0.3, -0.25) is 4.68 Å². The molecule has 0 saturated heterocycles. The Kier molecular flexibility index (Phi) is 5.54. The van der Waals surface area contributed by atoms with Gasteiger partial charge in [0, 0.05) is 11.9 Å². The van der Waals surface area contributed by atoms with Crippen molar-refractivity contribution in [1.29, 1.82) is 0 Å². The number of halogens is 4. The molecule has 0 atom stereocenters. The number of pyridine rings is 1. The molecule has 30 heavy (non-hydrogen) atoms. The highest BCUT2D eigenvalue weighted by Gasteiger charge is 2.31. The maximum absolute atomic E-state index is 12.3. The van der Waals surface area contributed by atoms with Crippen molar-refractivity contribution < 1.29 is 22.6 Å². The van der Waals surface area contributed by atoms with Gasteiger partial charge < -0.3 is 9.47 Å². The van der Waals surface area contributed by atoms with E-state index in [9.17, 15) is 13.2 Å². The zero-order chi connectivity index (χ0) is 21.3. The first-order chi connectivity index (χ1) is 14.3. The minimum absolute atomic E-state index is 0.127. The summed E-state index contributed by atoms with van der Waals surface area (Å²) in [6.07, 6.45) is -2.92. The van der Waals surface area contributed by atoms with E-state index in [1.807, 2.05) is 29.8 Å². The molecule has 2 aromatic heterocycles. The molecular formula is C19H15F3IN5O2. The molecule has 0 N–H and O–H groups in total. The van der Waals surface area contributed by atoms with E-state index in [2.05, 4.69) is 42.5 Å². The molecule has 1 aliphatic rings. The third-order valence-corrected chi connectivity index (χ3v) is 4.86. The number of anilines is 1. The van der Waals surface area contributed by atoms with Crippen LogP contribution in [0.4, 0.5) is 18.9 Å². The summed E-state index contributed by atoms with van der Waals surface area (Å²) in [6, 6.07) is 11.2. The molecule has 1 aromatic carbocycles. The van der Waals surface area contributed by atoms with Gasteiger partial charge in [0.25, 0.3) is 5.90 Å². The Balaban J connectivity index is 1.48. The minimum Gasteiger partial charge on any atom is -0.452 e. The Hall–Kier alpha value is -2.83. The van der Waals surface area contributed by atoms with E-state index in [-0.39, 0.29) is 12.5 Å². The summed E-state index contributed by atoms with van der Waals surface area (Å²) in [7, 11) is 0. The topological polar surface area (TPSA) is 64.8 Å². The molecule has 4 rings (SSSR count). The van der Waals surface area contributed by atoms with Crippen LogP contribution in [0.15, 0.2) is 53.8 Å². The molecule has 3 heterocycles. The van der Waals surface area contributed by atoms with Crippen molar-refractivity contribution in [2.45, 2.75) is 19.8 Å². The number of hydrogen-bond acceptors (Lipinski definition) is 6. The van der Waals surface area contributed by atoms with Gasteiger partial charge in [-0.2, -0.15) is 5.10 Å². The van der Waals surface area contributed by atoms with Crippen LogP contribution in [0, 0.1) is 10.6 Å². The number of benzene rings is 1. The van der Waals surface area contributed by atoms with Crippen LogP contribution in [-0.2, 0) is 11.3 Å². The van der Waals surface area contributed by atoms with Crippen LogP contribution in [0.25, 0.3) is 0 Å². The Morgan fingerprint density at radius 2 is 1.93 bits per heavy atom. The number of alkyl halides is 3. The summed E-state index contributed by atoms with van der Waals surface area (Å²) >= 11 is 2.15. The smallest absolute Gasteiger partial charge is 0.452 e. The second kappa shape index (κ2) is 8.13. The molecule has 0 bridgehead atoms. The van der Waals surface area contributed by atoms with Crippen molar-refractivity contribution >= 4 is 34.2 Å². The number of aryl methyl sites for hydroxylation is 1. The van der Waals surface area contributed by atoms with Crippen molar-refractivity contribution in [3.05, 3.63) is 69.3 Å². The lowest BCUT2D eigenvalue weighted by atomic mass is 10.3. The maximum atomic E-state index is 12.3. The molecule has 1 aliphatic heterocycles. The zero-order valence-corrected chi connectivity index (χ0v) is 17.8. The maximum Gasteiger partial charge on any atom is 0.573 e. The molecule has 7 nitrogen and oxygen atoms in total. The van der Waals surface area contributed by atoms with Gasteiger partial charge in [-0.05, 0) is 71.5 Å². The van der Waals surface area contributed by atoms with E-state index in [0.29, 0.717) is 23.8 Å². The number of aromatic nitrogens is 3. The first-order valence-electron chi connectivity index (χ1n) is 8.77. The van der Waals surface area contributed by atoms with Gasteiger partial charge in [0.15, 0.2) is 6.73 Å². The predicted molar refractivity (Wildman–Crippen MR) is 111 cm³/mol. The molecule has 0 radical (unpaired) electrons. The molecular weight excluding hydrogens is 514 g/mol. The van der Waals surface area contributed by atoms with Crippen LogP contribution in [0.3, 0.4) is 0 Å². The lowest BCUT2D eigenvalue weighted by Gasteiger charge is -2.13. The number of nitrogens with zero attached hydrogens (tertiary/aromatic N) is 5. The Bertz CT molecular complexity index is 1070. The number of hydrazone groups is 1. The molecule has 0 saturated carbocycles. The molecule has 0 spiro atoms. The van der Waals surface area contributed by atoms with E-state index >= 15 is 0 Å². The Morgan fingerprint density at radius 1 is 1.17 bits per heavy atom. The summed E-state index contributed by atoms with van der Waals surface area (Å²) < 4.78 is 49.1. The van der Waals surface area contributed by atoms with Crippen molar-refractivity contribution in [1.82, 2.24) is 14.8 Å². The fourth-order valence-corrected chi connectivity index (χ4v) is 3.13. The predicted octanol–water partition coefficient (Wildman–Crippen LogP) is 4.29. The molecule has 156 valence electrons. The fourth-order valence-electron chi connectivity index (χ4n) is 2.81. The van der Waals surface area contributed by atoms with Crippen molar-refractivity contribution in [2.24, 2.45) is 5.10 Å². The first kappa shape index (κ1) is 20.4. The normalized spacial score (nSPS) is 13.9. The molecule has 11 heteroatoms. The van der Waals surface area contributed by atoms with E-state index in [1.54, 1.807) is 6.20 Å². The summed E-state index contributed by atoms with van der Waals surface area (Å²) in [5, 5.41) is 10.5. The van der Waals surface area contributed by atoms with Gasteiger partial charge in [0.1, 0.15) is 15.1 Å². The number of hydrogen-bond donors (Lipinski definition) is 0. The van der Waals surface area contributed by atoms with E-state index < -0.39 is 6.36 Å². The minimum atomic E-state index is -4.73. The van der Waals surface area contributed by atoms with Crippen LogP contribution in [0.1, 0.15) is 17.0 Å². The van der Waals surface area contributed by atoms with E-state index in [4.69, 9.17) is 4.74 Å². The molecule has 0 fully saturated rings. The molecule has 0 unspecified atom stereocenters. The van der Waals surface area contributed by atoms with Crippen LogP contribution >= 0.6 is 22.6 Å². The van der Waals surface area contributed by atoms with Crippen LogP contribution in [0.2, 0.25) is 0 Å². The Labute approximate surface area is 183 Å². The number of rotatable bonds is 5. The van der Waals surface area contributed by atoms with Gasteiger partial charge in [-0.25, -0.2) is 9.99 Å². The van der Waals surface area contributed by atoms with Crippen LogP contribution < -0.4 is 9.75 Å². The average molecular weight is 529 g/mol. The molecule has 3 aromatic rings. The van der Waals surface area contributed by atoms with Gasteiger partial charge in [0.05, 0.1) is 12.2 Å². The highest BCUT2D eigenvalue weighted by atomic mass is 127. The zero-order valence-electron chi connectivity index (χ0n) is 15.6. The second-order valence-corrected chi connectivity index (χ2v) is 7.54. The van der Waals surface area contributed by atoms with E-state index in [1.165, 1.54) is 29.3 Å². The van der Waals surface area contributed by atoms with Crippen molar-refractivity contribution in [2.75, 3.05) is 11.7 Å². The van der Waals surface area contributed by atoms with Gasteiger partial charge in [-0.15, -0.1) is 18.3 Å². The lowest BCUT2D eigenvalue weighted by molar-refractivity contribution is -0.274. The molecule has 0 amide bonds. The lowest BCUT2D eigenvalue weighted by Crippen LogP contribution is -2.17. The van der Waals surface area contributed by atoms with Gasteiger partial charge in [0.2, 0.25) is 0 Å². The largest absolute Gasteiger partial charge is 0.573 e. The van der Waals surface area contributed by atoms with E-state index in [0.717, 1.165) is 15.0 Å². The third-order valence-electron chi connectivity index (χ3n) is 4.22. The molecule has 0 aliphatic carbocycles. The SMILES string of the molecule is Cc1cc(C2=NN(c3ccc(OC(F)(F)F)cc3)CO2)nn1Cc1ccc(I)nc1. The van der Waals surface area contributed by atoms with Crippen molar-refractivity contribution in [3.8, 4) is 5.75 Å². The summed E-state index contributed by atoms with van der Waals surface area (Å²) in [5.74, 6) is 0.0447. The van der Waals surface area contributed by atoms with Gasteiger partial charge in [-0.1, -0.05) is 6.07 Å². The summed E-state index contributed by atoms with van der Waals surface area (Å²) in [4.78, 5) is 4.28. The van der Waals surface area contributed by atoms with Gasteiger partial charge >= 0.3 is 6.36 Å². The first-order valence-corrected chi connectivity index (χ1v) is 9.85. The van der Waals surface area contributed by atoms with Crippen molar-refractivity contribution in [3.63, 3.8) is 0 Å². The second-order valence-electron chi connectivity index (χ2n) is 6.44. The van der Waals surface area contributed by atoms with Crippen LogP contribution in [0.5, 0.6) is 5.75 Å². The Morgan fingerprint density at radius 3 is 2.60 bits per heavy atom. The quantitative estimate of drug-likeness (QED) is 0.365. The highest BCUT2D eigenvalue weighted by Crippen LogP contribution is 2.27. The monoisotopic (exact) mass is 529 g/mol. The standard InChI is InChI=1S/C19H15F3IN5O2/c1-12-8-16(25-27(12)10-13-2-7-17(23)24-9-13)18-26-28(11-29-18)14-3-5-15(6-4-14)30-19(20,21)22/h2-9H,10-11H2,1H3. The summed E-state index contributed by atoms with van der Waals surface area (Å²) in [6.45, 7) is 2.62. The average Bonchev–Trinajstić information content (AvgIpc) is 3.30. The number of ether oxygens (including phenoxy) is 2. The fraction of sp³-hybridized carbons (Fsp3) is 0.211.